The maximum atomic E-state index is 11.5. The van der Waals surface area contributed by atoms with Crippen LogP contribution in [0.1, 0.15) is 13.8 Å². The molecule has 88 valence electrons. The van der Waals surface area contributed by atoms with Gasteiger partial charge >= 0.3 is 101 Å². The van der Waals surface area contributed by atoms with Crippen molar-refractivity contribution >= 4 is 26.9 Å². The molecule has 0 aromatic heterocycles. The van der Waals surface area contributed by atoms with Gasteiger partial charge < -0.3 is 0 Å². The van der Waals surface area contributed by atoms with Gasteiger partial charge in [-0.15, -0.1) is 0 Å². The Bertz CT molecular complexity index is 333. The zero-order chi connectivity index (χ0) is 12.0. The van der Waals surface area contributed by atoms with Crippen LogP contribution in [0.15, 0.2) is 22.7 Å². The molecule has 0 saturated carbocycles. The third kappa shape index (κ3) is 3.51. The fourth-order valence-corrected chi connectivity index (χ4v) is 3.06. The van der Waals surface area contributed by atoms with Gasteiger partial charge in [-0.05, 0) is 0 Å². The first-order valence-corrected chi connectivity index (χ1v) is 6.92. The summed E-state index contributed by atoms with van der Waals surface area (Å²) in [6.45, 7) is 4.23. The molecule has 16 heavy (non-hydrogen) atoms. The zero-order valence-electron chi connectivity index (χ0n) is 9.26. The molecule has 1 aliphatic rings. The van der Waals surface area contributed by atoms with Gasteiger partial charge in [-0.25, -0.2) is 0 Å². The molecule has 5 heteroatoms. The van der Waals surface area contributed by atoms with Gasteiger partial charge in [-0.2, -0.15) is 0 Å². The van der Waals surface area contributed by atoms with Gasteiger partial charge in [-0.1, -0.05) is 0 Å². The number of carbonyl (C=O) groups excluding carboxylic acids is 2. The molecular formula is C11H14O4Se. The third-order valence-electron chi connectivity index (χ3n) is 1.78. The normalized spacial score (nSPS) is 18.9. The summed E-state index contributed by atoms with van der Waals surface area (Å²) in [6.07, 6.45) is 5.17. The minimum atomic E-state index is -0.332. The summed E-state index contributed by atoms with van der Waals surface area (Å²) in [5, 5.41) is 0. The van der Waals surface area contributed by atoms with Crippen molar-refractivity contribution in [3.05, 3.63) is 22.7 Å². The van der Waals surface area contributed by atoms with Crippen LogP contribution < -0.4 is 0 Å². The predicted molar refractivity (Wildman–Crippen MR) is 60.0 cm³/mol. The van der Waals surface area contributed by atoms with E-state index in [2.05, 4.69) is 0 Å². The molecule has 0 bridgehead atoms. The Morgan fingerprint density at radius 2 is 2.00 bits per heavy atom. The van der Waals surface area contributed by atoms with Crippen LogP contribution in [-0.4, -0.2) is 40.1 Å². The molecule has 0 fully saturated rings. The minimum absolute atomic E-state index is 0.243. The molecule has 0 aliphatic carbocycles. The molecule has 0 radical (unpaired) electrons. The molecule has 0 aromatic carbocycles. The summed E-state index contributed by atoms with van der Waals surface area (Å²) in [5.74, 6) is -0.602. The molecular weight excluding hydrogens is 275 g/mol. The molecule has 0 aromatic rings. The van der Waals surface area contributed by atoms with Gasteiger partial charge in [-0.3, -0.25) is 0 Å². The average Bonchev–Trinajstić information content (AvgIpc) is 2.30. The van der Waals surface area contributed by atoms with E-state index >= 15 is 0 Å². The van der Waals surface area contributed by atoms with E-state index in [9.17, 15) is 9.59 Å². The van der Waals surface area contributed by atoms with Crippen molar-refractivity contribution in [2.75, 3.05) is 13.2 Å². The van der Waals surface area contributed by atoms with E-state index in [1.54, 1.807) is 32.1 Å². The second kappa shape index (κ2) is 6.51. The Morgan fingerprint density at radius 3 is 2.62 bits per heavy atom. The van der Waals surface area contributed by atoms with Crippen molar-refractivity contribution in [3.63, 3.8) is 0 Å². The van der Waals surface area contributed by atoms with Gasteiger partial charge in [0.25, 0.3) is 0 Å². The molecule has 0 saturated heterocycles. The molecule has 4 nitrogen and oxygen atoms in total. The average molecular weight is 289 g/mol. The summed E-state index contributed by atoms with van der Waals surface area (Å²) in [4.78, 5) is 22.6. The summed E-state index contributed by atoms with van der Waals surface area (Å²) in [7, 11) is 0. The Morgan fingerprint density at radius 1 is 1.31 bits per heavy atom. The first-order valence-electron chi connectivity index (χ1n) is 5.08. The van der Waals surface area contributed by atoms with Crippen molar-refractivity contribution in [1.29, 1.82) is 0 Å². The van der Waals surface area contributed by atoms with E-state index < -0.39 is 0 Å². The number of hydrogen-bond donors (Lipinski definition) is 0. The van der Waals surface area contributed by atoms with Crippen molar-refractivity contribution in [2.24, 2.45) is 0 Å². The van der Waals surface area contributed by atoms with Gasteiger partial charge in [0.15, 0.2) is 0 Å². The molecule has 1 heterocycles. The van der Waals surface area contributed by atoms with Gasteiger partial charge in [0.05, 0.1) is 0 Å². The molecule has 1 aliphatic heterocycles. The van der Waals surface area contributed by atoms with Crippen molar-refractivity contribution in [1.82, 2.24) is 0 Å². The van der Waals surface area contributed by atoms with E-state index in [4.69, 9.17) is 9.47 Å². The van der Waals surface area contributed by atoms with Gasteiger partial charge in [0.2, 0.25) is 0 Å². The Hall–Kier alpha value is -1.06. The van der Waals surface area contributed by atoms with E-state index in [1.807, 2.05) is 0 Å². The van der Waals surface area contributed by atoms with E-state index in [0.717, 1.165) is 0 Å². The monoisotopic (exact) mass is 290 g/mol. The van der Waals surface area contributed by atoms with Crippen LogP contribution in [0.25, 0.3) is 0 Å². The van der Waals surface area contributed by atoms with Crippen LogP contribution in [0.3, 0.4) is 0 Å². The first kappa shape index (κ1) is 13.0. The molecule has 1 unspecified atom stereocenters. The summed E-state index contributed by atoms with van der Waals surface area (Å²) >= 11 is -0.243. The zero-order valence-corrected chi connectivity index (χ0v) is 11.0. The van der Waals surface area contributed by atoms with Crippen molar-refractivity contribution in [2.45, 2.75) is 18.7 Å². The van der Waals surface area contributed by atoms with Crippen LogP contribution in [0.4, 0.5) is 0 Å². The first-order chi connectivity index (χ1) is 7.69. The summed E-state index contributed by atoms with van der Waals surface area (Å²) in [6, 6.07) is 0. The van der Waals surface area contributed by atoms with Crippen molar-refractivity contribution in [3.8, 4) is 0 Å². The molecule has 0 spiro atoms. The summed E-state index contributed by atoms with van der Waals surface area (Å²) in [5.41, 5.74) is 0. The van der Waals surface area contributed by atoms with Gasteiger partial charge in [0, 0.05) is 0 Å². The second-order valence-electron chi connectivity index (χ2n) is 2.93. The van der Waals surface area contributed by atoms with Crippen LogP contribution in [-0.2, 0) is 19.1 Å². The Labute approximate surface area is 101 Å². The number of rotatable bonds is 4. The number of carbonyl (C=O) groups is 2. The molecule has 1 atom stereocenters. The predicted octanol–water partition coefficient (Wildman–Crippen LogP) is 1.06. The maximum absolute atomic E-state index is 11.5. The molecule has 0 N–H and O–H groups in total. The standard InChI is InChI=1S/C11H14O4Se/c1-3-14-10(12)8-6-5-7-9(16-8)11(13)15-4-2/h5-8H,3-4H2,1-2H3. The van der Waals surface area contributed by atoms with E-state index in [-0.39, 0.29) is 31.7 Å². The number of hydrogen-bond acceptors (Lipinski definition) is 4. The molecule has 1 rings (SSSR count). The van der Waals surface area contributed by atoms with Crippen LogP contribution in [0.2, 0.25) is 4.82 Å². The third-order valence-corrected chi connectivity index (χ3v) is 4.22. The topological polar surface area (TPSA) is 52.6 Å². The summed E-state index contributed by atoms with van der Waals surface area (Å²) < 4.78 is 10.4. The van der Waals surface area contributed by atoms with E-state index in [0.29, 0.717) is 17.7 Å². The molecule has 0 amide bonds. The fourth-order valence-electron chi connectivity index (χ4n) is 1.13. The second-order valence-corrected chi connectivity index (χ2v) is 5.41. The quantitative estimate of drug-likeness (QED) is 0.573. The van der Waals surface area contributed by atoms with Gasteiger partial charge in [0.1, 0.15) is 0 Å². The van der Waals surface area contributed by atoms with Crippen LogP contribution in [0.5, 0.6) is 0 Å². The van der Waals surface area contributed by atoms with Crippen LogP contribution >= 0.6 is 0 Å². The van der Waals surface area contributed by atoms with Crippen LogP contribution in [0, 0.1) is 0 Å². The SMILES string of the molecule is CCOC(=O)C1=CC=CC(C(=O)OCC)[Se]1. The number of allylic oxidation sites excluding steroid dienone is 2. The number of esters is 2. The Balaban J connectivity index is 2.59. The fraction of sp³-hybridized carbons (Fsp3) is 0.455. The van der Waals surface area contributed by atoms with E-state index in [1.165, 1.54) is 0 Å². The Kier molecular flexibility index (Phi) is 5.29. The number of ether oxygens (including phenoxy) is 2. The van der Waals surface area contributed by atoms with Crippen molar-refractivity contribution < 1.29 is 19.1 Å².